The maximum Gasteiger partial charge on any atom is 0.332 e. The van der Waals surface area contributed by atoms with Crippen molar-refractivity contribution in [3.8, 4) is 0 Å². The molecule has 0 aliphatic carbocycles. The van der Waals surface area contributed by atoms with Crippen LogP contribution in [0.2, 0.25) is 0 Å². The second-order valence-electron chi connectivity index (χ2n) is 5.15. The zero-order valence-corrected chi connectivity index (χ0v) is 11.4. The molecule has 1 heterocycles. The first-order chi connectivity index (χ1) is 9.13. The van der Waals surface area contributed by atoms with E-state index in [0.717, 1.165) is 25.7 Å². The molecule has 1 aliphatic rings. The molecule has 0 fully saturated rings. The van der Waals surface area contributed by atoms with E-state index in [4.69, 9.17) is 5.11 Å². The van der Waals surface area contributed by atoms with Gasteiger partial charge in [-0.15, -0.1) is 0 Å². The zero-order valence-electron chi connectivity index (χ0n) is 11.4. The maximum atomic E-state index is 11.0. The number of carbonyl (C=O) groups is 1. The van der Waals surface area contributed by atoms with Crippen molar-refractivity contribution in [2.45, 2.75) is 38.6 Å². The van der Waals surface area contributed by atoms with E-state index in [1.54, 1.807) is 0 Å². The van der Waals surface area contributed by atoms with E-state index in [1.165, 1.54) is 11.3 Å². The summed E-state index contributed by atoms with van der Waals surface area (Å²) < 4.78 is 0. The summed E-state index contributed by atoms with van der Waals surface area (Å²) in [5.74, 6) is -0.904. The number of rotatable bonds is 5. The van der Waals surface area contributed by atoms with E-state index in [0.29, 0.717) is 12.6 Å². The molecule has 3 heteroatoms. The summed E-state index contributed by atoms with van der Waals surface area (Å²) in [4.78, 5) is 13.2. The number of anilines is 1. The Labute approximate surface area is 114 Å². The Balaban J connectivity index is 2.27. The minimum absolute atomic E-state index is 0.262. The monoisotopic (exact) mass is 259 g/mol. The number of nitrogens with zero attached hydrogens (tertiary/aromatic N) is 1. The van der Waals surface area contributed by atoms with Gasteiger partial charge in [0.15, 0.2) is 0 Å². The van der Waals surface area contributed by atoms with Gasteiger partial charge in [-0.05, 0) is 30.9 Å². The first-order valence-corrected chi connectivity index (χ1v) is 6.89. The molecular formula is C16H21NO2. The van der Waals surface area contributed by atoms with Crippen molar-refractivity contribution >= 4 is 11.7 Å². The molecule has 1 aromatic rings. The Hall–Kier alpha value is -1.77. The van der Waals surface area contributed by atoms with Gasteiger partial charge in [0.25, 0.3) is 0 Å². The lowest BCUT2D eigenvalue weighted by Crippen LogP contribution is -2.41. The van der Waals surface area contributed by atoms with Crippen LogP contribution in [0.15, 0.2) is 36.4 Å². The van der Waals surface area contributed by atoms with Gasteiger partial charge in [-0.1, -0.05) is 38.1 Å². The summed E-state index contributed by atoms with van der Waals surface area (Å²) in [6.45, 7) is 6.26. The molecule has 0 bridgehead atoms. The fourth-order valence-electron chi connectivity index (χ4n) is 2.80. The highest BCUT2D eigenvalue weighted by molar-refractivity contribution is 5.87. The van der Waals surface area contributed by atoms with Gasteiger partial charge in [0.2, 0.25) is 0 Å². The first kappa shape index (κ1) is 13.7. The highest BCUT2D eigenvalue weighted by atomic mass is 16.4. The molecule has 1 unspecified atom stereocenters. The molecule has 0 amide bonds. The normalized spacial score (nSPS) is 17.9. The van der Waals surface area contributed by atoms with Crippen LogP contribution < -0.4 is 4.90 Å². The van der Waals surface area contributed by atoms with Crippen LogP contribution in [0.4, 0.5) is 5.69 Å². The van der Waals surface area contributed by atoms with Gasteiger partial charge in [-0.3, -0.25) is 0 Å². The second kappa shape index (κ2) is 5.91. The average Bonchev–Trinajstić information content (AvgIpc) is 2.41. The van der Waals surface area contributed by atoms with E-state index in [9.17, 15) is 4.79 Å². The Bertz CT molecular complexity index is 481. The number of para-hydroxylation sites is 1. The van der Waals surface area contributed by atoms with Gasteiger partial charge in [0.05, 0.1) is 0 Å². The summed E-state index contributed by atoms with van der Waals surface area (Å²) in [6, 6.07) is 8.71. The van der Waals surface area contributed by atoms with Crippen LogP contribution in [0.5, 0.6) is 0 Å². The molecule has 1 aromatic carbocycles. The van der Waals surface area contributed by atoms with Gasteiger partial charge in [0, 0.05) is 23.8 Å². The van der Waals surface area contributed by atoms with E-state index < -0.39 is 5.97 Å². The number of carboxylic acids is 1. The van der Waals surface area contributed by atoms with Crippen LogP contribution in [-0.4, -0.2) is 23.7 Å². The van der Waals surface area contributed by atoms with Crippen molar-refractivity contribution in [3.05, 3.63) is 42.0 Å². The molecule has 0 aromatic heterocycles. The van der Waals surface area contributed by atoms with Gasteiger partial charge in [-0.2, -0.15) is 0 Å². The van der Waals surface area contributed by atoms with Gasteiger partial charge in [0.1, 0.15) is 0 Å². The van der Waals surface area contributed by atoms with E-state index in [2.05, 4.69) is 30.5 Å². The van der Waals surface area contributed by atoms with Crippen LogP contribution in [0, 0.1) is 0 Å². The Kier molecular flexibility index (Phi) is 4.25. The van der Waals surface area contributed by atoms with Gasteiger partial charge >= 0.3 is 5.97 Å². The number of aryl methyl sites for hydroxylation is 1. The third kappa shape index (κ3) is 2.98. The number of hydrogen-bond donors (Lipinski definition) is 1. The number of carboxylic acid groups (broad SMARTS) is 1. The quantitative estimate of drug-likeness (QED) is 0.825. The van der Waals surface area contributed by atoms with Crippen LogP contribution in [0.1, 0.15) is 31.7 Å². The average molecular weight is 259 g/mol. The largest absolute Gasteiger partial charge is 0.478 e. The third-order valence-electron chi connectivity index (χ3n) is 3.77. The Morgan fingerprint density at radius 2 is 2.21 bits per heavy atom. The van der Waals surface area contributed by atoms with Gasteiger partial charge in [-0.25, -0.2) is 4.79 Å². The Morgan fingerprint density at radius 3 is 2.89 bits per heavy atom. The lowest BCUT2D eigenvalue weighted by atomic mass is 9.92. The van der Waals surface area contributed by atoms with Crippen LogP contribution in [0.3, 0.4) is 0 Å². The van der Waals surface area contributed by atoms with E-state index in [1.807, 2.05) is 12.1 Å². The molecule has 2 rings (SSSR count). The first-order valence-electron chi connectivity index (χ1n) is 6.89. The molecule has 1 N–H and O–H groups in total. The molecular weight excluding hydrogens is 238 g/mol. The zero-order chi connectivity index (χ0) is 13.8. The number of hydrogen-bond acceptors (Lipinski definition) is 2. The van der Waals surface area contributed by atoms with Crippen molar-refractivity contribution in [2.75, 3.05) is 11.4 Å². The topological polar surface area (TPSA) is 40.5 Å². The third-order valence-corrected chi connectivity index (χ3v) is 3.77. The van der Waals surface area contributed by atoms with Crippen molar-refractivity contribution in [1.29, 1.82) is 0 Å². The summed E-state index contributed by atoms with van der Waals surface area (Å²) >= 11 is 0. The summed E-state index contributed by atoms with van der Waals surface area (Å²) in [5, 5.41) is 9.05. The maximum absolute atomic E-state index is 11.0. The molecule has 102 valence electrons. The van der Waals surface area contributed by atoms with Crippen LogP contribution in [-0.2, 0) is 11.2 Å². The van der Waals surface area contributed by atoms with E-state index in [-0.39, 0.29) is 5.57 Å². The highest BCUT2D eigenvalue weighted by Crippen LogP contribution is 2.32. The molecule has 0 saturated carbocycles. The fraction of sp³-hybridized carbons (Fsp3) is 0.438. The molecule has 1 atom stereocenters. The molecule has 1 aliphatic heterocycles. The molecule has 0 saturated heterocycles. The smallest absolute Gasteiger partial charge is 0.332 e. The van der Waals surface area contributed by atoms with Crippen molar-refractivity contribution in [3.63, 3.8) is 0 Å². The standard InChI is InChI=1S/C16H21NO2/c1-3-6-14-10-9-13-7-4-5-8-15(13)17(14)11-12(2)16(18)19/h4-5,7-8,14H,2-3,6,9-11H2,1H3,(H,18,19). The van der Waals surface area contributed by atoms with Crippen molar-refractivity contribution < 1.29 is 9.90 Å². The summed E-state index contributed by atoms with van der Waals surface area (Å²) in [7, 11) is 0. The van der Waals surface area contributed by atoms with Crippen LogP contribution in [0.25, 0.3) is 0 Å². The second-order valence-corrected chi connectivity index (χ2v) is 5.15. The predicted molar refractivity (Wildman–Crippen MR) is 77.6 cm³/mol. The van der Waals surface area contributed by atoms with Gasteiger partial charge < -0.3 is 10.0 Å². The minimum atomic E-state index is -0.904. The lowest BCUT2D eigenvalue weighted by Gasteiger charge is -2.39. The highest BCUT2D eigenvalue weighted by Gasteiger charge is 2.26. The summed E-state index contributed by atoms with van der Waals surface area (Å²) in [6.07, 6.45) is 4.39. The lowest BCUT2D eigenvalue weighted by molar-refractivity contribution is -0.132. The van der Waals surface area contributed by atoms with Crippen molar-refractivity contribution in [2.24, 2.45) is 0 Å². The number of aliphatic carboxylic acids is 1. The number of benzene rings is 1. The molecule has 0 radical (unpaired) electrons. The SMILES string of the molecule is C=C(CN1c2ccccc2CCC1CCC)C(=O)O. The van der Waals surface area contributed by atoms with E-state index >= 15 is 0 Å². The predicted octanol–water partition coefficient (Wildman–Crippen LogP) is 3.25. The molecule has 19 heavy (non-hydrogen) atoms. The van der Waals surface area contributed by atoms with Crippen LogP contribution >= 0.6 is 0 Å². The number of fused-ring (bicyclic) bond motifs is 1. The summed E-state index contributed by atoms with van der Waals surface area (Å²) in [5.41, 5.74) is 2.75. The Morgan fingerprint density at radius 1 is 1.47 bits per heavy atom. The fourth-order valence-corrected chi connectivity index (χ4v) is 2.80. The molecule has 0 spiro atoms. The minimum Gasteiger partial charge on any atom is -0.478 e. The van der Waals surface area contributed by atoms with Crippen molar-refractivity contribution in [1.82, 2.24) is 0 Å². The molecule has 3 nitrogen and oxygen atoms in total.